The van der Waals surface area contributed by atoms with Crippen molar-refractivity contribution in [3.05, 3.63) is 53.6 Å². The molecule has 1 fully saturated rings. The van der Waals surface area contributed by atoms with Crippen LogP contribution in [-0.4, -0.2) is 40.2 Å². The molecule has 1 aliphatic carbocycles. The van der Waals surface area contributed by atoms with Crippen LogP contribution in [0.2, 0.25) is 0 Å². The third-order valence-corrected chi connectivity index (χ3v) is 6.61. The summed E-state index contributed by atoms with van der Waals surface area (Å²) in [5, 5.41) is 8.52. The fourth-order valence-corrected chi connectivity index (χ4v) is 5.22. The number of urea groups is 1. The molecule has 3 N–H and O–H groups in total. The molecule has 3 aromatic rings. The van der Waals surface area contributed by atoms with Crippen LogP contribution in [0.4, 0.5) is 15.6 Å². The van der Waals surface area contributed by atoms with Gasteiger partial charge in [-0.2, -0.15) is 0 Å². The number of carbonyl (C=O) groups excluding carboxylic acids is 4. The Hall–Kier alpha value is -3.79. The lowest BCUT2D eigenvalue weighted by Gasteiger charge is -2.22. The van der Waals surface area contributed by atoms with E-state index in [4.69, 9.17) is 0 Å². The van der Waals surface area contributed by atoms with Crippen LogP contribution in [0, 0.1) is 0 Å². The average Bonchev–Trinajstić information content (AvgIpc) is 3.38. The number of benzene rings is 2. The van der Waals surface area contributed by atoms with Gasteiger partial charge in [0.2, 0.25) is 11.8 Å². The molecule has 5 rings (SSSR count). The second-order valence-electron chi connectivity index (χ2n) is 7.81. The lowest BCUT2D eigenvalue weighted by Crippen LogP contribution is -2.42. The van der Waals surface area contributed by atoms with Crippen molar-refractivity contribution in [2.24, 2.45) is 0 Å². The van der Waals surface area contributed by atoms with Crippen LogP contribution in [0.1, 0.15) is 24.5 Å². The Balaban J connectivity index is 1.31. The van der Waals surface area contributed by atoms with Gasteiger partial charge < -0.3 is 16.0 Å². The van der Waals surface area contributed by atoms with Crippen molar-refractivity contribution in [1.29, 1.82) is 0 Å². The summed E-state index contributed by atoms with van der Waals surface area (Å²) in [5.74, 6) is -1.11. The fourth-order valence-electron chi connectivity index (χ4n) is 4.29. The largest absolute Gasteiger partial charge is 0.326 e. The first-order valence-corrected chi connectivity index (χ1v) is 10.9. The number of hydrogen-bond donors (Lipinski definition) is 3. The van der Waals surface area contributed by atoms with Crippen molar-refractivity contribution in [1.82, 2.24) is 15.2 Å². The molecule has 1 spiro atoms. The van der Waals surface area contributed by atoms with Gasteiger partial charge in [0.1, 0.15) is 12.1 Å². The van der Waals surface area contributed by atoms with Gasteiger partial charge in [-0.25, -0.2) is 9.78 Å². The number of fused-ring (bicyclic) bond motifs is 3. The minimum Gasteiger partial charge on any atom is -0.326 e. The van der Waals surface area contributed by atoms with Gasteiger partial charge in [-0.05, 0) is 42.2 Å². The third kappa shape index (κ3) is 3.28. The highest BCUT2D eigenvalue weighted by atomic mass is 32.1. The molecule has 0 radical (unpaired) electrons. The molecule has 2 heterocycles. The summed E-state index contributed by atoms with van der Waals surface area (Å²) in [6, 6.07) is 12.2. The number of amides is 5. The highest BCUT2D eigenvalue weighted by Gasteiger charge is 2.55. The molecule has 0 bridgehead atoms. The van der Waals surface area contributed by atoms with Gasteiger partial charge in [0.05, 0.1) is 10.2 Å². The molecule has 10 heteroatoms. The predicted octanol–water partition coefficient (Wildman–Crippen LogP) is 2.59. The zero-order valence-electron chi connectivity index (χ0n) is 17.1. The Kier molecular flexibility index (Phi) is 4.66. The predicted molar refractivity (Wildman–Crippen MR) is 119 cm³/mol. The number of rotatable bonds is 4. The Morgan fingerprint density at radius 1 is 1.19 bits per heavy atom. The van der Waals surface area contributed by atoms with Crippen LogP contribution in [-0.2, 0) is 26.3 Å². The first kappa shape index (κ1) is 20.1. The van der Waals surface area contributed by atoms with Gasteiger partial charge >= 0.3 is 6.03 Å². The van der Waals surface area contributed by atoms with Crippen LogP contribution in [0.5, 0.6) is 0 Å². The van der Waals surface area contributed by atoms with Crippen molar-refractivity contribution in [2.75, 3.05) is 17.2 Å². The van der Waals surface area contributed by atoms with Crippen molar-refractivity contribution >= 4 is 56.1 Å². The Morgan fingerprint density at radius 3 is 2.81 bits per heavy atom. The van der Waals surface area contributed by atoms with Gasteiger partial charge in [-0.1, -0.05) is 35.6 Å². The summed E-state index contributed by atoms with van der Waals surface area (Å²) in [6.07, 6.45) is 1.16. The maximum absolute atomic E-state index is 13.2. The first-order valence-electron chi connectivity index (χ1n) is 10.1. The van der Waals surface area contributed by atoms with Crippen LogP contribution < -0.4 is 16.0 Å². The number of nitrogens with one attached hydrogen (secondary N) is 3. The molecular formula is C22H19N5O4S. The number of thiazole rings is 1. The van der Waals surface area contributed by atoms with E-state index in [0.717, 1.165) is 20.7 Å². The van der Waals surface area contributed by atoms with E-state index >= 15 is 0 Å². The van der Waals surface area contributed by atoms with Crippen LogP contribution >= 0.6 is 11.3 Å². The van der Waals surface area contributed by atoms with Gasteiger partial charge in [0.25, 0.3) is 5.91 Å². The molecule has 0 saturated carbocycles. The van der Waals surface area contributed by atoms with Crippen molar-refractivity contribution in [3.63, 3.8) is 0 Å². The van der Waals surface area contributed by atoms with Crippen molar-refractivity contribution < 1.29 is 19.2 Å². The van der Waals surface area contributed by atoms with Gasteiger partial charge in [0.15, 0.2) is 5.13 Å². The maximum Gasteiger partial charge on any atom is 0.325 e. The minimum absolute atomic E-state index is 0.182. The standard InChI is InChI=1S/C22H19N5O4S/c1-12(28)23-14-6-7-16-17(10-14)32-20(24-16)25-18(29)11-27-19(30)22(26-21(27)31)9-8-13-4-2-3-5-15(13)22/h2-7,10H,8-9,11H2,1H3,(H,23,28)(H,26,31)(H,24,25,29). The Bertz CT molecular complexity index is 1300. The normalized spacial score (nSPS) is 19.3. The molecule has 2 aliphatic rings. The number of aryl methyl sites for hydroxylation is 1. The monoisotopic (exact) mass is 449 g/mol. The summed E-state index contributed by atoms with van der Waals surface area (Å²) in [4.78, 5) is 54.9. The topological polar surface area (TPSA) is 120 Å². The average molecular weight is 449 g/mol. The third-order valence-electron chi connectivity index (χ3n) is 5.68. The lowest BCUT2D eigenvalue weighted by atomic mass is 9.92. The van der Waals surface area contributed by atoms with Gasteiger partial charge in [-0.3, -0.25) is 19.3 Å². The molecule has 1 unspecified atom stereocenters. The van der Waals surface area contributed by atoms with E-state index in [1.54, 1.807) is 18.2 Å². The highest BCUT2D eigenvalue weighted by Crippen LogP contribution is 2.41. The molecule has 2 aromatic carbocycles. The summed E-state index contributed by atoms with van der Waals surface area (Å²) >= 11 is 1.24. The van der Waals surface area contributed by atoms with E-state index in [-0.39, 0.29) is 5.91 Å². The number of imide groups is 1. The zero-order valence-corrected chi connectivity index (χ0v) is 17.9. The van der Waals surface area contributed by atoms with Crippen LogP contribution in [0.25, 0.3) is 10.2 Å². The molecule has 32 heavy (non-hydrogen) atoms. The second-order valence-corrected chi connectivity index (χ2v) is 8.85. The van der Waals surface area contributed by atoms with E-state index in [9.17, 15) is 19.2 Å². The molecule has 1 aliphatic heterocycles. The highest BCUT2D eigenvalue weighted by molar-refractivity contribution is 7.22. The Labute approximate surface area is 186 Å². The summed E-state index contributed by atoms with van der Waals surface area (Å²) in [7, 11) is 0. The molecule has 1 saturated heterocycles. The van der Waals surface area contributed by atoms with Crippen molar-refractivity contribution in [3.8, 4) is 0 Å². The van der Waals surface area contributed by atoms with E-state index in [0.29, 0.717) is 29.2 Å². The van der Waals surface area contributed by atoms with Crippen LogP contribution in [0.15, 0.2) is 42.5 Å². The summed E-state index contributed by atoms with van der Waals surface area (Å²) < 4.78 is 0.781. The zero-order chi connectivity index (χ0) is 22.5. The van der Waals surface area contributed by atoms with Crippen molar-refractivity contribution in [2.45, 2.75) is 25.3 Å². The van der Waals surface area contributed by atoms with E-state index in [1.165, 1.54) is 18.3 Å². The molecule has 1 atom stereocenters. The minimum atomic E-state index is -1.09. The summed E-state index contributed by atoms with van der Waals surface area (Å²) in [6.45, 7) is 1.02. The molecule has 5 amide bonds. The first-order chi connectivity index (χ1) is 15.4. The number of anilines is 2. The molecule has 9 nitrogen and oxygen atoms in total. The van der Waals surface area contributed by atoms with E-state index in [1.807, 2.05) is 24.3 Å². The second kappa shape index (κ2) is 7.41. The number of aromatic nitrogens is 1. The fraction of sp³-hybridized carbons (Fsp3) is 0.227. The molecule has 162 valence electrons. The van der Waals surface area contributed by atoms with Gasteiger partial charge in [0, 0.05) is 12.6 Å². The number of hydrogen-bond acceptors (Lipinski definition) is 6. The lowest BCUT2D eigenvalue weighted by molar-refractivity contribution is -0.134. The smallest absolute Gasteiger partial charge is 0.325 e. The SMILES string of the molecule is CC(=O)Nc1ccc2nc(NC(=O)CN3C(=O)NC4(CCc5ccccc54)C3=O)sc2c1. The van der Waals surface area contributed by atoms with Crippen LogP contribution in [0.3, 0.4) is 0 Å². The molecule has 1 aromatic heterocycles. The van der Waals surface area contributed by atoms with E-state index < -0.39 is 29.9 Å². The maximum atomic E-state index is 13.2. The Morgan fingerprint density at radius 2 is 2.00 bits per heavy atom. The van der Waals surface area contributed by atoms with Gasteiger partial charge in [-0.15, -0.1) is 0 Å². The van der Waals surface area contributed by atoms with E-state index in [2.05, 4.69) is 20.9 Å². The summed E-state index contributed by atoms with van der Waals surface area (Å²) in [5.41, 5.74) is 2.02. The quantitative estimate of drug-likeness (QED) is 0.529. The molecular weight excluding hydrogens is 430 g/mol. The number of carbonyl (C=O) groups is 4. The number of nitrogens with zero attached hydrogens (tertiary/aromatic N) is 2.